The van der Waals surface area contributed by atoms with Crippen LogP contribution < -0.4 is 11.5 Å². The summed E-state index contributed by atoms with van der Waals surface area (Å²) < 4.78 is 4.94. The van der Waals surface area contributed by atoms with Gasteiger partial charge in [-0.1, -0.05) is 13.0 Å². The van der Waals surface area contributed by atoms with E-state index in [9.17, 15) is 4.79 Å². The monoisotopic (exact) mass is 220 g/mol. The summed E-state index contributed by atoms with van der Waals surface area (Å²) in [5.74, 6) is 0.156. The minimum atomic E-state index is -0.401. The number of hydrogen-bond donors (Lipinski definition) is 2. The molecule has 2 rings (SSSR count). The second-order valence-corrected chi connectivity index (χ2v) is 4.23. The number of oxazole rings is 1. The molecular weight excluding hydrogens is 204 g/mol. The zero-order valence-corrected chi connectivity index (χ0v) is 9.32. The number of benzene rings is 1. The second kappa shape index (κ2) is 4.53. The van der Waals surface area contributed by atoms with Crippen LogP contribution in [-0.4, -0.2) is 11.5 Å². The molecule has 1 aromatic heterocycles. The summed E-state index contributed by atoms with van der Waals surface area (Å²) in [6.45, 7) is 2.89. The topological polar surface area (TPSA) is 72.0 Å². The molecule has 0 aliphatic heterocycles. The largest absolute Gasteiger partial charge is 0.417 e. The minimum absolute atomic E-state index is 0.401. The summed E-state index contributed by atoms with van der Waals surface area (Å²) in [5.41, 5.74) is 8.09. The zero-order chi connectivity index (χ0) is 11.5. The maximum absolute atomic E-state index is 11.0. The van der Waals surface area contributed by atoms with Crippen LogP contribution in [0.5, 0.6) is 0 Å². The van der Waals surface area contributed by atoms with E-state index < -0.39 is 5.76 Å². The molecule has 2 aromatic rings. The summed E-state index contributed by atoms with van der Waals surface area (Å²) in [7, 11) is 0. The predicted molar refractivity (Wildman–Crippen MR) is 63.4 cm³/mol. The van der Waals surface area contributed by atoms with E-state index in [2.05, 4.69) is 11.9 Å². The van der Waals surface area contributed by atoms with Crippen LogP contribution in [0.2, 0.25) is 0 Å². The predicted octanol–water partition coefficient (Wildman–Crippen LogP) is 1.65. The van der Waals surface area contributed by atoms with Crippen LogP contribution >= 0.6 is 0 Å². The fourth-order valence-electron chi connectivity index (χ4n) is 1.92. The molecule has 1 heterocycles. The van der Waals surface area contributed by atoms with E-state index in [1.54, 1.807) is 0 Å². The standard InChI is InChI=1S/C12H16N2O2/c1-8(4-5-13)6-9-2-3-11-10(7-9)14-12(15)16-11/h2-3,7-8H,4-6,13H2,1H3,(H,14,15). The first-order valence-electron chi connectivity index (χ1n) is 5.51. The number of H-pyrrole nitrogens is 1. The van der Waals surface area contributed by atoms with Gasteiger partial charge in [-0.05, 0) is 43.0 Å². The van der Waals surface area contributed by atoms with Gasteiger partial charge in [-0.15, -0.1) is 0 Å². The summed E-state index contributed by atoms with van der Waals surface area (Å²) in [6, 6.07) is 5.79. The molecule has 1 aromatic carbocycles. The van der Waals surface area contributed by atoms with Crippen molar-refractivity contribution in [3.8, 4) is 0 Å². The average molecular weight is 220 g/mol. The third kappa shape index (κ3) is 2.33. The van der Waals surface area contributed by atoms with Crippen LogP contribution in [-0.2, 0) is 6.42 Å². The third-order valence-corrected chi connectivity index (χ3v) is 2.73. The maximum Gasteiger partial charge on any atom is 0.417 e. The first kappa shape index (κ1) is 11.0. The second-order valence-electron chi connectivity index (χ2n) is 4.23. The summed E-state index contributed by atoms with van der Waals surface area (Å²) in [4.78, 5) is 13.6. The van der Waals surface area contributed by atoms with E-state index in [4.69, 9.17) is 10.2 Å². The number of rotatable bonds is 4. The molecule has 0 fully saturated rings. The van der Waals surface area contributed by atoms with E-state index in [0.717, 1.165) is 18.4 Å². The van der Waals surface area contributed by atoms with Gasteiger partial charge in [-0.3, -0.25) is 4.98 Å². The minimum Gasteiger partial charge on any atom is -0.408 e. The van der Waals surface area contributed by atoms with Gasteiger partial charge in [0.25, 0.3) is 0 Å². The van der Waals surface area contributed by atoms with E-state index in [0.29, 0.717) is 18.0 Å². The van der Waals surface area contributed by atoms with E-state index in [1.807, 2.05) is 18.2 Å². The number of hydrogen-bond acceptors (Lipinski definition) is 3. The average Bonchev–Trinajstić information content (AvgIpc) is 2.57. The summed E-state index contributed by atoms with van der Waals surface area (Å²) in [5, 5.41) is 0. The van der Waals surface area contributed by atoms with Crippen LogP contribution in [0.1, 0.15) is 18.9 Å². The molecule has 4 heteroatoms. The molecule has 1 unspecified atom stereocenters. The van der Waals surface area contributed by atoms with Gasteiger partial charge in [-0.25, -0.2) is 4.79 Å². The lowest BCUT2D eigenvalue weighted by Crippen LogP contribution is -2.07. The van der Waals surface area contributed by atoms with Crippen molar-refractivity contribution in [3.05, 3.63) is 34.3 Å². The van der Waals surface area contributed by atoms with Crippen molar-refractivity contribution in [1.82, 2.24) is 4.98 Å². The van der Waals surface area contributed by atoms with Gasteiger partial charge in [0, 0.05) is 0 Å². The highest BCUT2D eigenvalue weighted by Crippen LogP contribution is 2.16. The number of fused-ring (bicyclic) bond motifs is 1. The molecule has 1 atom stereocenters. The van der Waals surface area contributed by atoms with Crippen LogP contribution in [0, 0.1) is 5.92 Å². The van der Waals surface area contributed by atoms with Crippen LogP contribution in [0.4, 0.5) is 0 Å². The van der Waals surface area contributed by atoms with Gasteiger partial charge in [0.2, 0.25) is 0 Å². The third-order valence-electron chi connectivity index (χ3n) is 2.73. The van der Waals surface area contributed by atoms with Gasteiger partial charge in [0.1, 0.15) is 0 Å². The highest BCUT2D eigenvalue weighted by Gasteiger charge is 2.05. The summed E-state index contributed by atoms with van der Waals surface area (Å²) >= 11 is 0. The SMILES string of the molecule is CC(CCN)Cc1ccc2oc(=O)[nH]c2c1. The van der Waals surface area contributed by atoms with Crippen molar-refractivity contribution < 1.29 is 4.42 Å². The molecule has 0 saturated carbocycles. The van der Waals surface area contributed by atoms with E-state index >= 15 is 0 Å². The quantitative estimate of drug-likeness (QED) is 0.822. The van der Waals surface area contributed by atoms with Crippen LogP contribution in [0.3, 0.4) is 0 Å². The molecule has 0 saturated heterocycles. The molecule has 0 aliphatic rings. The molecule has 3 N–H and O–H groups in total. The lowest BCUT2D eigenvalue weighted by molar-refractivity contribution is 0.538. The Morgan fingerprint density at radius 3 is 3.06 bits per heavy atom. The molecular formula is C12H16N2O2. The maximum atomic E-state index is 11.0. The van der Waals surface area contributed by atoms with Gasteiger partial charge in [0.05, 0.1) is 5.52 Å². The molecule has 0 amide bonds. The number of nitrogens with one attached hydrogen (secondary N) is 1. The first-order valence-corrected chi connectivity index (χ1v) is 5.51. The van der Waals surface area contributed by atoms with Crippen molar-refractivity contribution in [1.29, 1.82) is 0 Å². The fourth-order valence-corrected chi connectivity index (χ4v) is 1.92. The van der Waals surface area contributed by atoms with Crippen molar-refractivity contribution in [2.45, 2.75) is 19.8 Å². The molecule has 0 radical (unpaired) electrons. The fraction of sp³-hybridized carbons (Fsp3) is 0.417. The van der Waals surface area contributed by atoms with E-state index in [-0.39, 0.29) is 0 Å². The normalized spacial score (nSPS) is 13.1. The van der Waals surface area contributed by atoms with E-state index in [1.165, 1.54) is 5.56 Å². The van der Waals surface area contributed by atoms with Crippen molar-refractivity contribution in [2.75, 3.05) is 6.54 Å². The zero-order valence-electron chi connectivity index (χ0n) is 9.32. The van der Waals surface area contributed by atoms with Crippen molar-refractivity contribution in [2.24, 2.45) is 11.7 Å². The Kier molecular flexibility index (Phi) is 3.10. The Balaban J connectivity index is 2.22. The Hall–Kier alpha value is -1.55. The number of aromatic amines is 1. The first-order chi connectivity index (χ1) is 7.69. The molecule has 0 aliphatic carbocycles. The van der Waals surface area contributed by atoms with Crippen LogP contribution in [0.15, 0.2) is 27.4 Å². The van der Waals surface area contributed by atoms with Gasteiger partial charge in [-0.2, -0.15) is 0 Å². The molecule has 0 bridgehead atoms. The Labute approximate surface area is 93.5 Å². The Morgan fingerprint density at radius 2 is 2.31 bits per heavy atom. The van der Waals surface area contributed by atoms with Gasteiger partial charge >= 0.3 is 5.76 Å². The molecule has 16 heavy (non-hydrogen) atoms. The highest BCUT2D eigenvalue weighted by atomic mass is 16.4. The highest BCUT2D eigenvalue weighted by molar-refractivity contribution is 5.72. The molecule has 0 spiro atoms. The van der Waals surface area contributed by atoms with Crippen LogP contribution in [0.25, 0.3) is 11.1 Å². The smallest absolute Gasteiger partial charge is 0.408 e. The van der Waals surface area contributed by atoms with Gasteiger partial charge in [0.15, 0.2) is 5.58 Å². The van der Waals surface area contributed by atoms with Crippen molar-refractivity contribution >= 4 is 11.1 Å². The lowest BCUT2D eigenvalue weighted by atomic mass is 9.98. The molecule has 86 valence electrons. The Morgan fingerprint density at radius 1 is 1.50 bits per heavy atom. The Bertz CT molecular complexity index is 527. The van der Waals surface area contributed by atoms with Crippen molar-refractivity contribution in [3.63, 3.8) is 0 Å². The lowest BCUT2D eigenvalue weighted by Gasteiger charge is -2.09. The summed E-state index contributed by atoms with van der Waals surface area (Å²) in [6.07, 6.45) is 1.99. The molecule has 4 nitrogen and oxygen atoms in total. The number of aromatic nitrogens is 1. The van der Waals surface area contributed by atoms with Gasteiger partial charge < -0.3 is 10.2 Å². The number of nitrogens with two attached hydrogens (primary N) is 1.